The molecule has 0 saturated heterocycles. The third-order valence-corrected chi connectivity index (χ3v) is 5.00. The van der Waals surface area contributed by atoms with E-state index < -0.39 is 0 Å². The topological polar surface area (TPSA) is 32.3 Å². The molecule has 4 rings (SSSR count). The van der Waals surface area contributed by atoms with Crippen LogP contribution in [0.15, 0.2) is 77.3 Å². The number of anilines is 2. The quantitative estimate of drug-likeness (QED) is 0.582. The number of carbonyl (C=O) groups is 1. The largest absolute Gasteiger partial charge is 0.361 e. The lowest BCUT2D eigenvalue weighted by Gasteiger charge is -2.27. The summed E-state index contributed by atoms with van der Waals surface area (Å²) in [5.41, 5.74) is 3.43. The van der Waals surface area contributed by atoms with Gasteiger partial charge in [-0.05, 0) is 54.6 Å². The Balaban J connectivity index is 1.77. The Morgan fingerprint density at radius 3 is 2.32 bits per heavy atom. The molecule has 5 heteroatoms. The molecule has 0 bridgehead atoms. The van der Waals surface area contributed by atoms with Gasteiger partial charge in [0.15, 0.2) is 0 Å². The summed E-state index contributed by atoms with van der Waals surface area (Å²) in [4.78, 5) is 14.7. The van der Waals surface area contributed by atoms with Crippen LogP contribution in [0.25, 0.3) is 0 Å². The zero-order chi connectivity index (χ0) is 17.4. The smallest absolute Gasteiger partial charge is 0.260 e. The van der Waals surface area contributed by atoms with Crippen LogP contribution in [0, 0.1) is 0 Å². The van der Waals surface area contributed by atoms with Crippen molar-refractivity contribution < 1.29 is 4.79 Å². The van der Waals surface area contributed by atoms with Gasteiger partial charge in [-0.15, -0.1) is 0 Å². The Morgan fingerprint density at radius 2 is 1.60 bits per heavy atom. The molecular weight excluding hydrogens is 400 g/mol. The first-order valence-corrected chi connectivity index (χ1v) is 9.01. The van der Waals surface area contributed by atoms with Gasteiger partial charge in [0, 0.05) is 32.0 Å². The van der Waals surface area contributed by atoms with Crippen LogP contribution in [0.3, 0.4) is 0 Å². The lowest BCUT2D eigenvalue weighted by molar-refractivity contribution is 0.0993. The Hall–Kier alpha value is -2.30. The molecule has 1 amide bonds. The van der Waals surface area contributed by atoms with Crippen LogP contribution in [0.2, 0.25) is 5.02 Å². The van der Waals surface area contributed by atoms with Crippen molar-refractivity contribution in [3.05, 3.63) is 93.4 Å². The van der Waals surface area contributed by atoms with E-state index in [0.717, 1.165) is 21.4 Å². The Labute approximate surface area is 159 Å². The van der Waals surface area contributed by atoms with Crippen molar-refractivity contribution in [2.45, 2.75) is 6.17 Å². The highest BCUT2D eigenvalue weighted by atomic mass is 79.9. The minimum atomic E-state index is -0.272. The van der Waals surface area contributed by atoms with Gasteiger partial charge in [0.1, 0.15) is 6.17 Å². The number of amides is 1. The molecule has 0 aliphatic carbocycles. The van der Waals surface area contributed by atoms with Gasteiger partial charge in [0.2, 0.25) is 0 Å². The lowest BCUT2D eigenvalue weighted by Crippen LogP contribution is -2.32. The lowest BCUT2D eigenvalue weighted by atomic mass is 10.1. The predicted octanol–water partition coefficient (Wildman–Crippen LogP) is 5.87. The Bertz CT molecular complexity index is 925. The third kappa shape index (κ3) is 3.03. The van der Waals surface area contributed by atoms with E-state index in [1.165, 1.54) is 0 Å². The molecule has 3 aromatic rings. The number of benzene rings is 3. The number of hydrogen-bond acceptors (Lipinski definition) is 2. The second kappa shape index (κ2) is 6.54. The van der Waals surface area contributed by atoms with Crippen LogP contribution in [0.5, 0.6) is 0 Å². The molecule has 1 N–H and O–H groups in total. The normalized spacial score (nSPS) is 16.0. The van der Waals surface area contributed by atoms with Crippen LogP contribution in [0.4, 0.5) is 11.4 Å². The molecule has 25 heavy (non-hydrogen) atoms. The average Bonchev–Trinajstić information content (AvgIpc) is 2.90. The van der Waals surface area contributed by atoms with E-state index >= 15 is 0 Å². The first-order valence-electron chi connectivity index (χ1n) is 7.83. The first-order chi connectivity index (χ1) is 12.1. The SMILES string of the molecule is O=C1c2ccccc2[C@H](Nc2ccc(Br)cc2)N1c1ccc(Cl)cc1. The molecule has 1 atom stereocenters. The fraction of sp³-hybridized carbons (Fsp3) is 0.0500. The summed E-state index contributed by atoms with van der Waals surface area (Å²) in [6.07, 6.45) is -0.272. The van der Waals surface area contributed by atoms with Gasteiger partial charge in [-0.25, -0.2) is 0 Å². The van der Waals surface area contributed by atoms with E-state index in [1.807, 2.05) is 60.7 Å². The van der Waals surface area contributed by atoms with E-state index in [1.54, 1.807) is 17.0 Å². The molecule has 3 nitrogen and oxygen atoms in total. The fourth-order valence-corrected chi connectivity index (χ4v) is 3.42. The number of rotatable bonds is 3. The van der Waals surface area contributed by atoms with Crippen LogP contribution in [-0.4, -0.2) is 5.91 Å². The molecule has 0 saturated carbocycles. The second-order valence-electron chi connectivity index (χ2n) is 5.79. The van der Waals surface area contributed by atoms with Crippen LogP contribution >= 0.6 is 27.5 Å². The average molecular weight is 414 g/mol. The minimum absolute atomic E-state index is 0.0208. The highest BCUT2D eigenvalue weighted by molar-refractivity contribution is 9.10. The van der Waals surface area contributed by atoms with Gasteiger partial charge in [-0.2, -0.15) is 0 Å². The second-order valence-corrected chi connectivity index (χ2v) is 7.14. The van der Waals surface area contributed by atoms with Gasteiger partial charge in [0.25, 0.3) is 5.91 Å². The molecule has 0 unspecified atom stereocenters. The van der Waals surface area contributed by atoms with E-state index in [9.17, 15) is 4.79 Å². The zero-order valence-corrected chi connectivity index (χ0v) is 15.5. The number of nitrogens with one attached hydrogen (secondary N) is 1. The predicted molar refractivity (Wildman–Crippen MR) is 105 cm³/mol. The monoisotopic (exact) mass is 412 g/mol. The Kier molecular flexibility index (Phi) is 4.24. The van der Waals surface area contributed by atoms with Crippen molar-refractivity contribution in [1.29, 1.82) is 0 Å². The van der Waals surface area contributed by atoms with Crippen molar-refractivity contribution in [2.75, 3.05) is 10.2 Å². The highest BCUT2D eigenvalue weighted by Crippen LogP contribution is 2.38. The molecule has 1 aliphatic heterocycles. The van der Waals surface area contributed by atoms with Crippen LogP contribution < -0.4 is 10.2 Å². The summed E-state index contributed by atoms with van der Waals surface area (Å²) < 4.78 is 1.01. The van der Waals surface area contributed by atoms with Crippen LogP contribution in [0.1, 0.15) is 22.1 Å². The first kappa shape index (κ1) is 16.2. The van der Waals surface area contributed by atoms with Gasteiger partial charge >= 0.3 is 0 Å². The van der Waals surface area contributed by atoms with Crippen molar-refractivity contribution in [3.63, 3.8) is 0 Å². The molecule has 0 radical (unpaired) electrons. The molecule has 3 aromatic carbocycles. The summed E-state index contributed by atoms with van der Waals surface area (Å²) >= 11 is 9.45. The molecule has 1 heterocycles. The molecule has 0 spiro atoms. The van der Waals surface area contributed by atoms with E-state index in [4.69, 9.17) is 11.6 Å². The van der Waals surface area contributed by atoms with Crippen LogP contribution in [-0.2, 0) is 0 Å². The molecule has 1 aliphatic rings. The standard InChI is InChI=1S/C20H14BrClN2O/c21-13-5-9-15(10-6-13)23-19-17-3-1-2-4-18(17)20(25)24(19)16-11-7-14(22)8-12-16/h1-12,19,23H/t19-/m1/s1. The third-order valence-electron chi connectivity index (χ3n) is 4.22. The number of halogens is 2. The number of fused-ring (bicyclic) bond motifs is 1. The maximum atomic E-state index is 13.0. The summed E-state index contributed by atoms with van der Waals surface area (Å²) in [6, 6.07) is 22.9. The van der Waals surface area contributed by atoms with Gasteiger partial charge < -0.3 is 5.32 Å². The van der Waals surface area contributed by atoms with Gasteiger partial charge in [-0.1, -0.05) is 45.7 Å². The summed E-state index contributed by atoms with van der Waals surface area (Å²) in [6.45, 7) is 0. The van der Waals surface area contributed by atoms with Crippen molar-refractivity contribution in [2.24, 2.45) is 0 Å². The van der Waals surface area contributed by atoms with Gasteiger partial charge in [-0.3, -0.25) is 9.69 Å². The molecule has 124 valence electrons. The molecular formula is C20H14BrClN2O. The fourth-order valence-electron chi connectivity index (χ4n) is 3.03. The molecule has 0 aromatic heterocycles. The molecule has 0 fully saturated rings. The minimum Gasteiger partial charge on any atom is -0.361 e. The van der Waals surface area contributed by atoms with E-state index in [2.05, 4.69) is 21.2 Å². The summed E-state index contributed by atoms with van der Waals surface area (Å²) in [7, 11) is 0. The van der Waals surface area contributed by atoms with Gasteiger partial charge in [0.05, 0.1) is 0 Å². The number of carbonyl (C=O) groups excluding carboxylic acids is 1. The highest BCUT2D eigenvalue weighted by Gasteiger charge is 2.37. The summed E-state index contributed by atoms with van der Waals surface area (Å²) in [5, 5.41) is 4.11. The maximum Gasteiger partial charge on any atom is 0.260 e. The van der Waals surface area contributed by atoms with E-state index in [-0.39, 0.29) is 12.1 Å². The maximum absolute atomic E-state index is 13.0. The van der Waals surface area contributed by atoms with Crippen molar-refractivity contribution >= 4 is 44.8 Å². The van der Waals surface area contributed by atoms with E-state index in [0.29, 0.717) is 10.6 Å². The summed E-state index contributed by atoms with van der Waals surface area (Å²) in [5.74, 6) is -0.0208. The number of nitrogens with zero attached hydrogens (tertiary/aromatic N) is 1. The number of hydrogen-bond donors (Lipinski definition) is 1. The zero-order valence-electron chi connectivity index (χ0n) is 13.1. The van der Waals surface area contributed by atoms with Crippen molar-refractivity contribution in [1.82, 2.24) is 0 Å². The Morgan fingerprint density at radius 1 is 0.920 bits per heavy atom. The van der Waals surface area contributed by atoms with Crippen molar-refractivity contribution in [3.8, 4) is 0 Å².